The van der Waals surface area contributed by atoms with Crippen molar-refractivity contribution in [3.63, 3.8) is 0 Å². The van der Waals surface area contributed by atoms with E-state index in [2.05, 4.69) is 17.2 Å². The molecule has 2 aromatic rings. The van der Waals surface area contributed by atoms with Gasteiger partial charge in [0.05, 0.1) is 11.6 Å². The molecule has 0 spiro atoms. The molecule has 2 rings (SSSR count). The molecule has 100 valence electrons. The number of hydrogen-bond donors (Lipinski definition) is 2. The molecule has 0 saturated carbocycles. The van der Waals surface area contributed by atoms with Crippen LogP contribution in [0.3, 0.4) is 0 Å². The Hall–Kier alpha value is -1.72. The van der Waals surface area contributed by atoms with E-state index in [9.17, 15) is 4.79 Å². The molecule has 1 atom stereocenters. The van der Waals surface area contributed by atoms with Gasteiger partial charge < -0.3 is 10.4 Å². The van der Waals surface area contributed by atoms with Crippen LogP contribution < -0.4 is 5.32 Å². The summed E-state index contributed by atoms with van der Waals surface area (Å²) in [4.78, 5) is 15.2. The van der Waals surface area contributed by atoms with Gasteiger partial charge in [0.25, 0.3) is 0 Å². The molecule has 0 amide bonds. The fraction of sp³-hybridized carbons (Fsp3) is 0.286. The van der Waals surface area contributed by atoms with Gasteiger partial charge in [-0.25, -0.2) is 9.78 Å². The maximum Gasteiger partial charge on any atom is 0.335 e. The van der Waals surface area contributed by atoms with Crippen molar-refractivity contribution in [2.45, 2.75) is 26.4 Å². The zero-order valence-corrected chi connectivity index (χ0v) is 11.7. The molecule has 5 heteroatoms. The van der Waals surface area contributed by atoms with E-state index in [0.717, 1.165) is 16.3 Å². The summed E-state index contributed by atoms with van der Waals surface area (Å²) >= 11 is 1.65. The van der Waals surface area contributed by atoms with E-state index in [1.807, 2.05) is 24.4 Å². The smallest absolute Gasteiger partial charge is 0.335 e. The van der Waals surface area contributed by atoms with Crippen LogP contribution in [-0.4, -0.2) is 16.1 Å². The third kappa shape index (κ3) is 3.62. The summed E-state index contributed by atoms with van der Waals surface area (Å²) in [5, 5.41) is 15.3. The molecule has 0 aliphatic heterocycles. The highest BCUT2D eigenvalue weighted by Gasteiger charge is 2.09. The lowest BCUT2D eigenvalue weighted by molar-refractivity contribution is 0.0697. The fourth-order valence-electron chi connectivity index (χ4n) is 1.69. The predicted octanol–water partition coefficient (Wildman–Crippen LogP) is 3.00. The lowest BCUT2D eigenvalue weighted by Gasteiger charge is -2.11. The highest BCUT2D eigenvalue weighted by Crippen LogP contribution is 2.17. The molecule has 1 aromatic carbocycles. The number of carboxylic acids is 1. The Morgan fingerprint density at radius 2 is 2.11 bits per heavy atom. The van der Waals surface area contributed by atoms with Crippen molar-refractivity contribution in [2.75, 3.05) is 0 Å². The first kappa shape index (κ1) is 13.7. The van der Waals surface area contributed by atoms with Crippen molar-refractivity contribution in [3.05, 3.63) is 51.5 Å². The second kappa shape index (κ2) is 5.95. The zero-order chi connectivity index (χ0) is 13.8. The SMILES string of the molecule is Cc1csc(C(C)NCc2ccc(C(=O)O)cc2)n1. The number of benzene rings is 1. The van der Waals surface area contributed by atoms with Gasteiger partial charge in [0, 0.05) is 17.6 Å². The summed E-state index contributed by atoms with van der Waals surface area (Å²) < 4.78 is 0. The summed E-state index contributed by atoms with van der Waals surface area (Å²) in [6.07, 6.45) is 0. The van der Waals surface area contributed by atoms with Gasteiger partial charge in [-0.1, -0.05) is 12.1 Å². The Morgan fingerprint density at radius 1 is 1.42 bits per heavy atom. The maximum atomic E-state index is 10.7. The van der Waals surface area contributed by atoms with E-state index in [4.69, 9.17) is 5.11 Å². The van der Waals surface area contributed by atoms with E-state index in [1.54, 1.807) is 23.5 Å². The Labute approximate surface area is 116 Å². The van der Waals surface area contributed by atoms with E-state index in [-0.39, 0.29) is 6.04 Å². The van der Waals surface area contributed by atoms with Crippen LogP contribution in [0.4, 0.5) is 0 Å². The highest BCUT2D eigenvalue weighted by molar-refractivity contribution is 7.09. The van der Waals surface area contributed by atoms with Crippen molar-refractivity contribution in [1.29, 1.82) is 0 Å². The number of rotatable bonds is 5. The summed E-state index contributed by atoms with van der Waals surface area (Å²) in [6.45, 7) is 4.75. The van der Waals surface area contributed by atoms with Crippen LogP contribution in [0.25, 0.3) is 0 Å². The third-order valence-corrected chi connectivity index (χ3v) is 3.97. The average Bonchev–Trinajstić information content (AvgIpc) is 2.83. The molecule has 0 fully saturated rings. The second-order valence-electron chi connectivity index (χ2n) is 4.43. The number of thiazole rings is 1. The lowest BCUT2D eigenvalue weighted by Crippen LogP contribution is -2.18. The molecule has 2 N–H and O–H groups in total. The van der Waals surface area contributed by atoms with Crippen LogP contribution in [0.2, 0.25) is 0 Å². The first-order valence-electron chi connectivity index (χ1n) is 6.04. The quantitative estimate of drug-likeness (QED) is 0.881. The van der Waals surface area contributed by atoms with Gasteiger partial charge in [-0.15, -0.1) is 11.3 Å². The van der Waals surface area contributed by atoms with Gasteiger partial charge in [0.2, 0.25) is 0 Å². The first-order chi connectivity index (χ1) is 9.06. The summed E-state index contributed by atoms with van der Waals surface area (Å²) in [5.74, 6) is -0.897. The molecule has 19 heavy (non-hydrogen) atoms. The van der Waals surface area contributed by atoms with Crippen molar-refractivity contribution in [2.24, 2.45) is 0 Å². The number of aromatic nitrogens is 1. The largest absolute Gasteiger partial charge is 0.478 e. The van der Waals surface area contributed by atoms with Crippen molar-refractivity contribution < 1.29 is 9.90 Å². The summed E-state index contributed by atoms with van der Waals surface area (Å²) in [7, 11) is 0. The van der Waals surface area contributed by atoms with Crippen LogP contribution in [-0.2, 0) is 6.54 Å². The highest BCUT2D eigenvalue weighted by atomic mass is 32.1. The number of nitrogens with zero attached hydrogens (tertiary/aromatic N) is 1. The van der Waals surface area contributed by atoms with Gasteiger partial charge >= 0.3 is 5.97 Å². The zero-order valence-electron chi connectivity index (χ0n) is 10.9. The van der Waals surface area contributed by atoms with Crippen LogP contribution in [0, 0.1) is 6.92 Å². The van der Waals surface area contributed by atoms with Crippen molar-refractivity contribution in [3.8, 4) is 0 Å². The minimum Gasteiger partial charge on any atom is -0.478 e. The number of aryl methyl sites for hydroxylation is 1. The summed E-state index contributed by atoms with van der Waals surface area (Å²) in [6, 6.07) is 7.10. The van der Waals surface area contributed by atoms with Crippen LogP contribution >= 0.6 is 11.3 Å². The molecule has 0 aliphatic rings. The minimum absolute atomic E-state index is 0.192. The van der Waals surface area contributed by atoms with E-state index in [0.29, 0.717) is 12.1 Å². The Bertz CT molecular complexity index is 563. The summed E-state index contributed by atoms with van der Waals surface area (Å²) in [5.41, 5.74) is 2.41. The molecule has 1 aromatic heterocycles. The van der Waals surface area contributed by atoms with Gasteiger partial charge in [0.1, 0.15) is 5.01 Å². The number of hydrogen-bond acceptors (Lipinski definition) is 4. The van der Waals surface area contributed by atoms with E-state index in [1.165, 1.54) is 0 Å². The molecule has 0 bridgehead atoms. The van der Waals surface area contributed by atoms with Crippen LogP contribution in [0.5, 0.6) is 0 Å². The number of nitrogens with one attached hydrogen (secondary N) is 1. The second-order valence-corrected chi connectivity index (χ2v) is 5.32. The van der Waals surface area contributed by atoms with Gasteiger partial charge in [-0.3, -0.25) is 0 Å². The first-order valence-corrected chi connectivity index (χ1v) is 6.92. The molecule has 0 radical (unpaired) electrons. The standard InChI is InChI=1S/C14H16N2O2S/c1-9-8-19-13(16-9)10(2)15-7-11-3-5-12(6-4-11)14(17)18/h3-6,8,10,15H,7H2,1-2H3,(H,17,18). The van der Waals surface area contributed by atoms with Gasteiger partial charge in [-0.05, 0) is 31.5 Å². The minimum atomic E-state index is -0.897. The molecule has 0 aliphatic carbocycles. The fourth-order valence-corrected chi connectivity index (χ4v) is 2.52. The van der Waals surface area contributed by atoms with E-state index < -0.39 is 5.97 Å². The Balaban J connectivity index is 1.93. The Kier molecular flexibility index (Phi) is 4.29. The monoisotopic (exact) mass is 276 g/mol. The van der Waals surface area contributed by atoms with Crippen LogP contribution in [0.15, 0.2) is 29.6 Å². The molecular weight excluding hydrogens is 260 g/mol. The number of carboxylic acid groups (broad SMARTS) is 1. The molecular formula is C14H16N2O2S. The number of carbonyl (C=O) groups is 1. The van der Waals surface area contributed by atoms with Crippen molar-refractivity contribution in [1.82, 2.24) is 10.3 Å². The van der Waals surface area contributed by atoms with Gasteiger partial charge in [0.15, 0.2) is 0 Å². The van der Waals surface area contributed by atoms with Gasteiger partial charge in [-0.2, -0.15) is 0 Å². The molecule has 4 nitrogen and oxygen atoms in total. The molecule has 1 unspecified atom stereocenters. The third-order valence-electron chi connectivity index (χ3n) is 2.82. The van der Waals surface area contributed by atoms with E-state index >= 15 is 0 Å². The lowest BCUT2D eigenvalue weighted by atomic mass is 10.1. The average molecular weight is 276 g/mol. The van der Waals surface area contributed by atoms with Crippen molar-refractivity contribution >= 4 is 17.3 Å². The molecule has 1 heterocycles. The predicted molar refractivity (Wildman–Crippen MR) is 75.5 cm³/mol. The van der Waals surface area contributed by atoms with Crippen LogP contribution in [0.1, 0.15) is 39.6 Å². The Morgan fingerprint density at radius 3 is 2.63 bits per heavy atom. The molecule has 0 saturated heterocycles. The topological polar surface area (TPSA) is 62.2 Å². The maximum absolute atomic E-state index is 10.7. The number of aromatic carboxylic acids is 1. The normalized spacial score (nSPS) is 12.3.